The summed E-state index contributed by atoms with van der Waals surface area (Å²) in [4.78, 5) is 0.127. The molecule has 0 radical (unpaired) electrons. The third-order valence-corrected chi connectivity index (χ3v) is 5.09. The molecule has 6 heteroatoms. The third-order valence-electron chi connectivity index (χ3n) is 3.45. The summed E-state index contributed by atoms with van der Waals surface area (Å²) in [6, 6.07) is 8.25. The van der Waals surface area contributed by atoms with Crippen LogP contribution in [-0.4, -0.2) is 8.42 Å². The number of sulfonamides is 1. The minimum Gasteiger partial charge on any atom is -0.398 e. The molecule has 0 fully saturated rings. The van der Waals surface area contributed by atoms with Crippen molar-refractivity contribution in [2.24, 2.45) is 0 Å². The van der Waals surface area contributed by atoms with Crippen LogP contribution in [0.5, 0.6) is 0 Å². The van der Waals surface area contributed by atoms with Crippen molar-refractivity contribution in [1.82, 2.24) is 0 Å². The van der Waals surface area contributed by atoms with E-state index >= 15 is 0 Å². The van der Waals surface area contributed by atoms with Crippen LogP contribution in [0.2, 0.25) is 5.02 Å². The van der Waals surface area contributed by atoms with Gasteiger partial charge in [0.15, 0.2) is 0 Å². The van der Waals surface area contributed by atoms with E-state index in [4.69, 9.17) is 17.3 Å². The average Bonchev–Trinajstić information content (AvgIpc) is 2.40. The maximum absolute atomic E-state index is 12.5. The quantitative estimate of drug-likeness (QED) is 0.846. The van der Waals surface area contributed by atoms with Gasteiger partial charge in [-0.1, -0.05) is 23.7 Å². The van der Waals surface area contributed by atoms with Gasteiger partial charge in [0.05, 0.1) is 15.6 Å². The predicted molar refractivity (Wildman–Crippen MR) is 87.3 cm³/mol. The van der Waals surface area contributed by atoms with Gasteiger partial charge in [-0.25, -0.2) is 8.42 Å². The molecule has 2 aromatic rings. The number of para-hydroxylation sites is 1. The van der Waals surface area contributed by atoms with Crippen molar-refractivity contribution < 1.29 is 8.42 Å². The highest BCUT2D eigenvalue weighted by Crippen LogP contribution is 2.29. The number of anilines is 2. The molecule has 4 nitrogen and oxygen atoms in total. The smallest absolute Gasteiger partial charge is 0.262 e. The highest BCUT2D eigenvalue weighted by Gasteiger charge is 2.18. The Labute approximate surface area is 130 Å². The zero-order chi connectivity index (χ0) is 15.8. The minimum absolute atomic E-state index is 0.127. The number of hydrogen-bond acceptors (Lipinski definition) is 3. The Bertz CT molecular complexity index is 758. The Morgan fingerprint density at radius 1 is 1.10 bits per heavy atom. The largest absolute Gasteiger partial charge is 0.398 e. The van der Waals surface area contributed by atoms with Crippen molar-refractivity contribution in [1.29, 1.82) is 0 Å². The molecule has 2 aromatic carbocycles. The van der Waals surface area contributed by atoms with Gasteiger partial charge < -0.3 is 5.73 Å². The van der Waals surface area contributed by atoms with Crippen molar-refractivity contribution in [3.05, 3.63) is 52.0 Å². The van der Waals surface area contributed by atoms with E-state index in [0.29, 0.717) is 16.4 Å². The first-order valence-corrected chi connectivity index (χ1v) is 8.23. The highest BCUT2D eigenvalue weighted by molar-refractivity contribution is 7.92. The summed E-state index contributed by atoms with van der Waals surface area (Å²) in [5.41, 5.74) is 9.14. The van der Waals surface area contributed by atoms with Crippen LogP contribution in [0.25, 0.3) is 0 Å². The molecule has 0 unspecified atom stereocenters. The maximum Gasteiger partial charge on any atom is 0.262 e. The zero-order valence-corrected chi connectivity index (χ0v) is 13.6. The van der Waals surface area contributed by atoms with Gasteiger partial charge in [-0.15, -0.1) is 0 Å². The van der Waals surface area contributed by atoms with E-state index in [2.05, 4.69) is 4.72 Å². The van der Waals surface area contributed by atoms with Crippen LogP contribution in [0.3, 0.4) is 0 Å². The maximum atomic E-state index is 12.5. The zero-order valence-electron chi connectivity index (χ0n) is 12.1. The van der Waals surface area contributed by atoms with Crippen molar-refractivity contribution >= 4 is 33.0 Å². The lowest BCUT2D eigenvalue weighted by molar-refractivity contribution is 0.601. The first kappa shape index (κ1) is 15.7. The second-order valence-electron chi connectivity index (χ2n) is 4.99. The fourth-order valence-electron chi connectivity index (χ4n) is 1.96. The number of rotatable bonds is 3. The van der Waals surface area contributed by atoms with E-state index in [9.17, 15) is 8.42 Å². The standard InChI is InChI=1S/C15H17ClN2O2S/c1-9-5-4-6-13(16)15(9)18-21(19,20)12-7-10(2)11(3)14(17)8-12/h4-8,18H,17H2,1-3H3. The molecule has 0 saturated carbocycles. The number of hydrogen-bond donors (Lipinski definition) is 2. The molecule has 0 aliphatic carbocycles. The molecule has 0 saturated heterocycles. The molecule has 0 spiro atoms. The fraction of sp³-hybridized carbons (Fsp3) is 0.200. The normalized spacial score (nSPS) is 11.4. The summed E-state index contributed by atoms with van der Waals surface area (Å²) >= 11 is 6.06. The second-order valence-corrected chi connectivity index (χ2v) is 7.08. The Kier molecular flexibility index (Phi) is 4.16. The topological polar surface area (TPSA) is 72.2 Å². The number of nitrogens with two attached hydrogens (primary N) is 1. The van der Waals surface area contributed by atoms with Crippen LogP contribution in [0, 0.1) is 20.8 Å². The molecular formula is C15H17ClN2O2S. The summed E-state index contributed by atoms with van der Waals surface area (Å²) in [6.45, 7) is 5.47. The number of nitrogen functional groups attached to an aromatic ring is 1. The van der Waals surface area contributed by atoms with E-state index in [1.54, 1.807) is 31.2 Å². The molecule has 0 amide bonds. The molecule has 21 heavy (non-hydrogen) atoms. The highest BCUT2D eigenvalue weighted by atomic mass is 35.5. The molecule has 0 heterocycles. The van der Waals surface area contributed by atoms with E-state index in [1.807, 2.05) is 13.8 Å². The molecule has 3 N–H and O–H groups in total. The third kappa shape index (κ3) is 3.14. The molecule has 112 valence electrons. The van der Waals surface area contributed by atoms with E-state index in [1.165, 1.54) is 6.07 Å². The predicted octanol–water partition coefficient (Wildman–Crippen LogP) is 3.65. The lowest BCUT2D eigenvalue weighted by Crippen LogP contribution is -2.15. The average molecular weight is 325 g/mol. The lowest BCUT2D eigenvalue weighted by Gasteiger charge is -2.14. The van der Waals surface area contributed by atoms with Crippen molar-refractivity contribution in [3.8, 4) is 0 Å². The van der Waals surface area contributed by atoms with Gasteiger partial charge in [0.25, 0.3) is 10.0 Å². The first-order valence-electron chi connectivity index (χ1n) is 6.37. The van der Waals surface area contributed by atoms with Crippen LogP contribution in [0.4, 0.5) is 11.4 Å². The molecule has 0 aliphatic heterocycles. The summed E-state index contributed by atoms with van der Waals surface area (Å²) < 4.78 is 27.5. The monoisotopic (exact) mass is 324 g/mol. The number of halogens is 1. The van der Waals surface area contributed by atoms with E-state index in [0.717, 1.165) is 16.7 Å². The Hall–Kier alpha value is -1.72. The number of benzene rings is 2. The van der Waals surface area contributed by atoms with Gasteiger partial charge >= 0.3 is 0 Å². The van der Waals surface area contributed by atoms with Crippen LogP contribution < -0.4 is 10.5 Å². The summed E-state index contributed by atoms with van der Waals surface area (Å²) in [5, 5.41) is 0.357. The van der Waals surface area contributed by atoms with E-state index in [-0.39, 0.29) is 4.90 Å². The van der Waals surface area contributed by atoms with Gasteiger partial charge in [-0.3, -0.25) is 4.72 Å². The van der Waals surface area contributed by atoms with Gasteiger partial charge in [0.2, 0.25) is 0 Å². The first-order chi connectivity index (χ1) is 9.72. The van der Waals surface area contributed by atoms with Crippen molar-refractivity contribution in [3.63, 3.8) is 0 Å². The van der Waals surface area contributed by atoms with Gasteiger partial charge in [0.1, 0.15) is 0 Å². The Morgan fingerprint density at radius 2 is 1.76 bits per heavy atom. The molecule has 0 aliphatic rings. The second kappa shape index (κ2) is 5.58. The van der Waals surface area contributed by atoms with Crippen molar-refractivity contribution in [2.75, 3.05) is 10.5 Å². The van der Waals surface area contributed by atoms with E-state index < -0.39 is 10.0 Å². The molecule has 0 bridgehead atoms. The number of nitrogens with one attached hydrogen (secondary N) is 1. The Balaban J connectivity index is 2.49. The van der Waals surface area contributed by atoms with Crippen molar-refractivity contribution in [2.45, 2.75) is 25.7 Å². The minimum atomic E-state index is -3.73. The molecular weight excluding hydrogens is 308 g/mol. The summed E-state index contributed by atoms with van der Waals surface area (Å²) in [5.74, 6) is 0. The Morgan fingerprint density at radius 3 is 2.33 bits per heavy atom. The summed E-state index contributed by atoms with van der Waals surface area (Å²) in [6.07, 6.45) is 0. The van der Waals surface area contributed by atoms with Gasteiger partial charge in [0, 0.05) is 5.69 Å². The fourth-order valence-corrected chi connectivity index (χ4v) is 3.56. The number of aryl methyl sites for hydroxylation is 2. The SMILES string of the molecule is Cc1cc(S(=O)(=O)Nc2c(C)cccc2Cl)cc(N)c1C. The molecule has 0 atom stereocenters. The van der Waals surface area contributed by atoms with Crippen LogP contribution in [0.1, 0.15) is 16.7 Å². The van der Waals surface area contributed by atoms with Crippen LogP contribution in [0.15, 0.2) is 35.2 Å². The molecule has 0 aromatic heterocycles. The lowest BCUT2D eigenvalue weighted by atomic mass is 10.1. The van der Waals surface area contributed by atoms with Gasteiger partial charge in [-0.05, 0) is 55.7 Å². The summed E-state index contributed by atoms with van der Waals surface area (Å²) in [7, 11) is -3.73. The van der Waals surface area contributed by atoms with Crippen LogP contribution >= 0.6 is 11.6 Å². The van der Waals surface area contributed by atoms with Gasteiger partial charge in [-0.2, -0.15) is 0 Å². The molecule has 2 rings (SSSR count). The van der Waals surface area contributed by atoms with Crippen LogP contribution in [-0.2, 0) is 10.0 Å².